The first-order valence-corrected chi connectivity index (χ1v) is 6.63. The molecule has 17 heavy (non-hydrogen) atoms. The van der Waals surface area contributed by atoms with E-state index in [4.69, 9.17) is 0 Å². The third-order valence-electron chi connectivity index (χ3n) is 3.05. The van der Waals surface area contributed by atoms with Crippen LogP contribution in [-0.2, 0) is 6.42 Å². The van der Waals surface area contributed by atoms with Gasteiger partial charge in [-0.3, -0.25) is 4.98 Å². The standard InChI is InChI=1S/C14H13BrN2/c1-2-3-13-14-10(6-7-16-13)11-8-9(15)4-5-12(11)17-14/h4-8,17H,2-3H2,1H3. The van der Waals surface area contributed by atoms with Gasteiger partial charge < -0.3 is 4.98 Å². The van der Waals surface area contributed by atoms with Crippen molar-refractivity contribution in [3.05, 3.63) is 40.6 Å². The Bertz CT molecular complexity index is 685. The summed E-state index contributed by atoms with van der Waals surface area (Å²) in [5.74, 6) is 0. The molecule has 3 heteroatoms. The van der Waals surface area contributed by atoms with Gasteiger partial charge in [-0.15, -0.1) is 0 Å². The number of fused-ring (bicyclic) bond motifs is 3. The molecule has 0 saturated heterocycles. The number of hydrogen-bond acceptors (Lipinski definition) is 1. The van der Waals surface area contributed by atoms with Crippen molar-refractivity contribution in [1.29, 1.82) is 0 Å². The van der Waals surface area contributed by atoms with Crippen LogP contribution in [0, 0.1) is 0 Å². The normalized spacial score (nSPS) is 11.4. The Hall–Kier alpha value is -1.35. The van der Waals surface area contributed by atoms with E-state index >= 15 is 0 Å². The molecule has 0 saturated carbocycles. The van der Waals surface area contributed by atoms with E-state index in [0.29, 0.717) is 0 Å². The fourth-order valence-electron chi connectivity index (χ4n) is 2.28. The molecule has 0 aliphatic heterocycles. The van der Waals surface area contributed by atoms with Gasteiger partial charge in [0.2, 0.25) is 0 Å². The lowest BCUT2D eigenvalue weighted by Crippen LogP contribution is -1.89. The summed E-state index contributed by atoms with van der Waals surface area (Å²) in [6.07, 6.45) is 4.04. The SMILES string of the molecule is CCCc1nccc2c1[nH]c1ccc(Br)cc12. The Morgan fingerprint density at radius 2 is 2.12 bits per heavy atom. The number of hydrogen-bond donors (Lipinski definition) is 1. The molecule has 3 rings (SSSR count). The maximum absolute atomic E-state index is 4.47. The number of aromatic nitrogens is 2. The Morgan fingerprint density at radius 3 is 2.94 bits per heavy atom. The molecule has 0 fully saturated rings. The van der Waals surface area contributed by atoms with Gasteiger partial charge in [0.1, 0.15) is 0 Å². The second-order valence-electron chi connectivity index (χ2n) is 4.25. The minimum atomic E-state index is 1.02. The molecule has 2 nitrogen and oxygen atoms in total. The number of aromatic amines is 1. The van der Waals surface area contributed by atoms with Gasteiger partial charge in [-0.25, -0.2) is 0 Å². The number of nitrogens with one attached hydrogen (secondary N) is 1. The maximum Gasteiger partial charge on any atom is 0.0684 e. The zero-order valence-corrected chi connectivity index (χ0v) is 11.2. The summed E-state index contributed by atoms with van der Waals surface area (Å²) in [5, 5.41) is 2.52. The van der Waals surface area contributed by atoms with Crippen molar-refractivity contribution in [3.63, 3.8) is 0 Å². The van der Waals surface area contributed by atoms with Gasteiger partial charge in [-0.2, -0.15) is 0 Å². The van der Waals surface area contributed by atoms with Crippen LogP contribution < -0.4 is 0 Å². The van der Waals surface area contributed by atoms with Crippen LogP contribution in [0.5, 0.6) is 0 Å². The number of pyridine rings is 1. The largest absolute Gasteiger partial charge is 0.353 e. The van der Waals surface area contributed by atoms with Gasteiger partial charge in [0, 0.05) is 27.0 Å². The summed E-state index contributed by atoms with van der Waals surface area (Å²) in [7, 11) is 0. The molecular weight excluding hydrogens is 276 g/mol. The van der Waals surface area contributed by atoms with E-state index in [1.165, 1.54) is 21.8 Å². The molecule has 0 aliphatic carbocycles. The Balaban J connectivity index is 2.38. The fraction of sp³-hybridized carbons (Fsp3) is 0.214. The molecule has 2 aromatic heterocycles. The van der Waals surface area contributed by atoms with Crippen LogP contribution in [0.2, 0.25) is 0 Å². The highest BCUT2D eigenvalue weighted by molar-refractivity contribution is 9.10. The molecule has 1 N–H and O–H groups in total. The van der Waals surface area contributed by atoms with Crippen LogP contribution in [0.25, 0.3) is 21.8 Å². The van der Waals surface area contributed by atoms with Crippen molar-refractivity contribution < 1.29 is 0 Å². The van der Waals surface area contributed by atoms with Crippen LogP contribution >= 0.6 is 15.9 Å². The highest BCUT2D eigenvalue weighted by atomic mass is 79.9. The molecule has 0 bridgehead atoms. The fourth-order valence-corrected chi connectivity index (χ4v) is 2.64. The predicted molar refractivity (Wildman–Crippen MR) is 75.3 cm³/mol. The van der Waals surface area contributed by atoms with Gasteiger partial charge in [0.15, 0.2) is 0 Å². The number of nitrogens with zero attached hydrogens (tertiary/aromatic N) is 1. The first-order chi connectivity index (χ1) is 8.29. The average Bonchev–Trinajstić information content (AvgIpc) is 2.69. The summed E-state index contributed by atoms with van der Waals surface area (Å²) in [6.45, 7) is 2.18. The topological polar surface area (TPSA) is 28.7 Å². The third-order valence-corrected chi connectivity index (χ3v) is 3.54. The molecule has 0 radical (unpaired) electrons. The van der Waals surface area contributed by atoms with E-state index in [2.05, 4.69) is 57.1 Å². The van der Waals surface area contributed by atoms with E-state index in [1.807, 2.05) is 6.20 Å². The zero-order chi connectivity index (χ0) is 11.8. The number of benzene rings is 1. The molecule has 3 aromatic rings. The molecule has 0 atom stereocenters. The lowest BCUT2D eigenvalue weighted by atomic mass is 10.1. The highest BCUT2D eigenvalue weighted by Gasteiger charge is 2.08. The van der Waals surface area contributed by atoms with Crippen molar-refractivity contribution in [1.82, 2.24) is 9.97 Å². The molecule has 0 spiro atoms. The first kappa shape index (κ1) is 10.8. The van der Waals surface area contributed by atoms with Crippen LogP contribution in [0.1, 0.15) is 19.0 Å². The summed E-state index contributed by atoms with van der Waals surface area (Å²) in [4.78, 5) is 7.95. The summed E-state index contributed by atoms with van der Waals surface area (Å²) in [5.41, 5.74) is 3.52. The minimum Gasteiger partial charge on any atom is -0.353 e. The van der Waals surface area contributed by atoms with E-state index in [1.54, 1.807) is 0 Å². The predicted octanol–water partition coefficient (Wildman–Crippen LogP) is 4.43. The molecular formula is C14H13BrN2. The van der Waals surface area contributed by atoms with Gasteiger partial charge in [-0.1, -0.05) is 29.3 Å². The second kappa shape index (κ2) is 4.15. The van der Waals surface area contributed by atoms with Crippen molar-refractivity contribution >= 4 is 37.7 Å². The van der Waals surface area contributed by atoms with Crippen molar-refractivity contribution in [2.45, 2.75) is 19.8 Å². The average molecular weight is 289 g/mol. The summed E-state index contributed by atoms with van der Waals surface area (Å²) in [6, 6.07) is 8.41. The molecule has 2 heterocycles. The number of H-pyrrole nitrogens is 1. The maximum atomic E-state index is 4.47. The molecule has 0 aliphatic rings. The molecule has 86 valence electrons. The monoisotopic (exact) mass is 288 g/mol. The third kappa shape index (κ3) is 1.75. The Morgan fingerprint density at radius 1 is 1.24 bits per heavy atom. The van der Waals surface area contributed by atoms with Gasteiger partial charge >= 0.3 is 0 Å². The minimum absolute atomic E-state index is 1.02. The van der Waals surface area contributed by atoms with E-state index < -0.39 is 0 Å². The van der Waals surface area contributed by atoms with Crippen molar-refractivity contribution in [3.8, 4) is 0 Å². The highest BCUT2D eigenvalue weighted by Crippen LogP contribution is 2.29. The van der Waals surface area contributed by atoms with Crippen LogP contribution in [0.4, 0.5) is 0 Å². The molecule has 1 aromatic carbocycles. The quantitative estimate of drug-likeness (QED) is 0.742. The van der Waals surface area contributed by atoms with Crippen LogP contribution in [-0.4, -0.2) is 9.97 Å². The van der Waals surface area contributed by atoms with E-state index in [0.717, 1.165) is 23.0 Å². The lowest BCUT2D eigenvalue weighted by Gasteiger charge is -1.99. The van der Waals surface area contributed by atoms with Gasteiger partial charge in [-0.05, 0) is 30.7 Å². The smallest absolute Gasteiger partial charge is 0.0684 e. The number of rotatable bonds is 2. The van der Waals surface area contributed by atoms with E-state index in [-0.39, 0.29) is 0 Å². The Kier molecular flexibility index (Phi) is 2.63. The van der Waals surface area contributed by atoms with Gasteiger partial charge in [0.25, 0.3) is 0 Å². The lowest BCUT2D eigenvalue weighted by molar-refractivity contribution is 0.890. The molecule has 0 amide bonds. The van der Waals surface area contributed by atoms with Crippen molar-refractivity contribution in [2.75, 3.05) is 0 Å². The zero-order valence-electron chi connectivity index (χ0n) is 9.63. The molecule has 0 unspecified atom stereocenters. The van der Waals surface area contributed by atoms with Gasteiger partial charge in [0.05, 0.1) is 11.2 Å². The van der Waals surface area contributed by atoms with Crippen LogP contribution in [0.3, 0.4) is 0 Å². The number of halogens is 1. The summed E-state index contributed by atoms with van der Waals surface area (Å²) >= 11 is 3.52. The summed E-state index contributed by atoms with van der Waals surface area (Å²) < 4.78 is 1.11. The van der Waals surface area contributed by atoms with Crippen molar-refractivity contribution in [2.24, 2.45) is 0 Å². The van der Waals surface area contributed by atoms with Crippen LogP contribution in [0.15, 0.2) is 34.9 Å². The Labute approximate surface area is 108 Å². The van der Waals surface area contributed by atoms with E-state index in [9.17, 15) is 0 Å². The number of aryl methyl sites for hydroxylation is 1. The second-order valence-corrected chi connectivity index (χ2v) is 5.16. The first-order valence-electron chi connectivity index (χ1n) is 5.84.